The van der Waals surface area contributed by atoms with Crippen LogP contribution in [-0.4, -0.2) is 45.0 Å². The van der Waals surface area contributed by atoms with Gasteiger partial charge in [0.1, 0.15) is 4.21 Å². The number of hydrogen-bond acceptors (Lipinski definition) is 5. The average molecular weight is 508 g/mol. The highest BCUT2D eigenvalue weighted by Crippen LogP contribution is 2.26. The molecule has 1 fully saturated rings. The number of guanidine groups is 1. The molecule has 0 saturated carbocycles. The van der Waals surface area contributed by atoms with Crippen LogP contribution in [0.15, 0.2) is 51.7 Å². The maximum absolute atomic E-state index is 12.6. The average Bonchev–Trinajstić information content (AvgIpc) is 3.11. The Kier molecular flexibility index (Phi) is 7.83. The molecule has 26 heavy (non-hydrogen) atoms. The van der Waals surface area contributed by atoms with Crippen molar-refractivity contribution in [3.05, 3.63) is 47.3 Å². The van der Waals surface area contributed by atoms with Gasteiger partial charge in [-0.1, -0.05) is 18.2 Å². The van der Waals surface area contributed by atoms with Crippen LogP contribution in [0, 0.1) is 0 Å². The van der Waals surface area contributed by atoms with Gasteiger partial charge in [0.2, 0.25) is 0 Å². The third-order valence-electron chi connectivity index (χ3n) is 3.65. The number of nitrogens with two attached hydrogens (primary N) is 1. The summed E-state index contributed by atoms with van der Waals surface area (Å²) >= 11 is 1.22. The van der Waals surface area contributed by atoms with Crippen molar-refractivity contribution in [1.82, 2.24) is 4.31 Å². The molecule has 0 spiro atoms. The summed E-state index contributed by atoms with van der Waals surface area (Å²) in [5.41, 5.74) is 6.72. The molecule has 2 aromatic rings. The zero-order chi connectivity index (χ0) is 17.7. The van der Waals surface area contributed by atoms with Gasteiger partial charge in [-0.05, 0) is 24.3 Å². The minimum atomic E-state index is -3.45. The monoisotopic (exact) mass is 508 g/mol. The number of sulfonamides is 1. The van der Waals surface area contributed by atoms with Crippen molar-refractivity contribution in [1.29, 1.82) is 0 Å². The number of morpholine rings is 1. The lowest BCUT2D eigenvalue weighted by Crippen LogP contribution is -2.40. The Morgan fingerprint density at radius 1 is 1.19 bits per heavy atom. The Morgan fingerprint density at radius 2 is 1.88 bits per heavy atom. The fraction of sp³-hybridized carbons (Fsp3) is 0.312. The van der Waals surface area contributed by atoms with Crippen LogP contribution in [0.3, 0.4) is 0 Å². The van der Waals surface area contributed by atoms with Crippen molar-refractivity contribution in [3.8, 4) is 0 Å². The molecule has 3 rings (SSSR count). The van der Waals surface area contributed by atoms with E-state index in [0.717, 1.165) is 10.6 Å². The second-order valence-corrected chi connectivity index (χ2v) is 8.76. The van der Waals surface area contributed by atoms with Crippen LogP contribution < -0.4 is 11.1 Å². The fourth-order valence-corrected chi connectivity index (χ4v) is 5.21. The minimum absolute atomic E-state index is 0. The van der Waals surface area contributed by atoms with Gasteiger partial charge in [0, 0.05) is 23.7 Å². The van der Waals surface area contributed by atoms with E-state index in [0.29, 0.717) is 37.1 Å². The Bertz CT molecular complexity index is 834. The van der Waals surface area contributed by atoms with Gasteiger partial charge >= 0.3 is 0 Å². The smallest absolute Gasteiger partial charge is 0.252 e. The third-order valence-corrected chi connectivity index (χ3v) is 7.09. The Hall–Kier alpha value is -1.21. The summed E-state index contributed by atoms with van der Waals surface area (Å²) in [6.07, 6.45) is 0. The van der Waals surface area contributed by atoms with Crippen LogP contribution in [0.2, 0.25) is 0 Å². The molecule has 10 heteroatoms. The number of rotatable bonds is 5. The molecule has 1 aliphatic heterocycles. The standard InChI is InChI=1S/C16H20N4O3S2.HI/c17-16(19-13-4-2-1-3-5-13)18-12-14-6-7-15(24-14)25(21,22)20-8-10-23-11-9-20;/h1-7H,8-12H2,(H3,17,18,19);1H. The number of anilines is 1. The SMILES string of the molecule is I.NC(=NCc1ccc(S(=O)(=O)N2CCOCC2)s1)Nc1ccccc1. The van der Waals surface area contributed by atoms with Gasteiger partial charge in [0.25, 0.3) is 10.0 Å². The van der Waals surface area contributed by atoms with Gasteiger partial charge in [-0.2, -0.15) is 4.31 Å². The zero-order valence-corrected chi connectivity index (χ0v) is 18.0. The molecule has 0 radical (unpaired) electrons. The van der Waals surface area contributed by atoms with Gasteiger partial charge in [0.05, 0.1) is 19.8 Å². The number of nitrogens with zero attached hydrogens (tertiary/aromatic N) is 2. The van der Waals surface area contributed by atoms with Crippen LogP contribution in [0.5, 0.6) is 0 Å². The quantitative estimate of drug-likeness (QED) is 0.367. The number of hydrogen-bond donors (Lipinski definition) is 2. The first-order chi connectivity index (χ1) is 12.1. The van der Waals surface area contributed by atoms with E-state index < -0.39 is 10.0 Å². The van der Waals surface area contributed by atoms with E-state index in [4.69, 9.17) is 10.5 Å². The molecule has 0 bridgehead atoms. The summed E-state index contributed by atoms with van der Waals surface area (Å²) in [7, 11) is -3.45. The number of ether oxygens (including phenoxy) is 1. The minimum Gasteiger partial charge on any atom is -0.379 e. The van der Waals surface area contributed by atoms with E-state index in [1.807, 2.05) is 30.3 Å². The maximum atomic E-state index is 12.6. The molecule has 1 aliphatic rings. The Morgan fingerprint density at radius 3 is 2.58 bits per heavy atom. The fourth-order valence-electron chi connectivity index (χ4n) is 2.37. The first-order valence-electron chi connectivity index (χ1n) is 7.84. The molecule has 1 saturated heterocycles. The lowest BCUT2D eigenvalue weighted by molar-refractivity contribution is 0.0731. The highest BCUT2D eigenvalue weighted by molar-refractivity contribution is 14.0. The Balaban J connectivity index is 0.00000243. The number of aliphatic imine (C=N–C) groups is 1. The van der Waals surface area contributed by atoms with Crippen molar-refractivity contribution >= 4 is 57.0 Å². The number of halogens is 1. The molecule has 7 nitrogen and oxygen atoms in total. The van der Waals surface area contributed by atoms with Crippen molar-refractivity contribution < 1.29 is 13.2 Å². The molecule has 0 aliphatic carbocycles. The van der Waals surface area contributed by atoms with Crippen LogP contribution in [0.4, 0.5) is 5.69 Å². The van der Waals surface area contributed by atoms with E-state index in [9.17, 15) is 8.42 Å². The molecule has 3 N–H and O–H groups in total. The summed E-state index contributed by atoms with van der Waals surface area (Å²) in [6.45, 7) is 1.98. The second kappa shape index (κ2) is 9.65. The van der Waals surface area contributed by atoms with Crippen LogP contribution in [0.25, 0.3) is 0 Å². The van der Waals surface area contributed by atoms with E-state index in [2.05, 4.69) is 10.3 Å². The molecule has 0 amide bonds. The van der Waals surface area contributed by atoms with Crippen molar-refractivity contribution in [2.24, 2.45) is 10.7 Å². The summed E-state index contributed by atoms with van der Waals surface area (Å²) in [5.74, 6) is 0.289. The highest BCUT2D eigenvalue weighted by Gasteiger charge is 2.27. The van der Waals surface area contributed by atoms with E-state index >= 15 is 0 Å². The van der Waals surface area contributed by atoms with Crippen molar-refractivity contribution in [2.75, 3.05) is 31.6 Å². The third kappa shape index (κ3) is 5.39. The number of nitrogens with one attached hydrogen (secondary N) is 1. The summed E-state index contributed by atoms with van der Waals surface area (Å²) < 4.78 is 32.2. The first kappa shape index (κ1) is 21.1. The van der Waals surface area contributed by atoms with Gasteiger partial charge in [-0.25, -0.2) is 13.4 Å². The van der Waals surface area contributed by atoms with Crippen molar-refractivity contribution in [3.63, 3.8) is 0 Å². The predicted molar refractivity (Wildman–Crippen MR) is 115 cm³/mol. The lowest BCUT2D eigenvalue weighted by Gasteiger charge is -2.25. The Labute approximate surface area is 174 Å². The molecular formula is C16H21IN4O3S2. The topological polar surface area (TPSA) is 97.0 Å². The van der Waals surface area contributed by atoms with Gasteiger partial charge in [0.15, 0.2) is 5.96 Å². The largest absolute Gasteiger partial charge is 0.379 e. The van der Waals surface area contributed by atoms with Crippen LogP contribution in [0.1, 0.15) is 4.88 Å². The number of benzene rings is 1. The van der Waals surface area contributed by atoms with E-state index in [1.54, 1.807) is 12.1 Å². The van der Waals surface area contributed by atoms with Gasteiger partial charge < -0.3 is 15.8 Å². The molecule has 1 aromatic carbocycles. The maximum Gasteiger partial charge on any atom is 0.252 e. The van der Waals surface area contributed by atoms with Crippen molar-refractivity contribution in [2.45, 2.75) is 10.8 Å². The lowest BCUT2D eigenvalue weighted by atomic mass is 10.3. The highest BCUT2D eigenvalue weighted by atomic mass is 127. The number of para-hydroxylation sites is 1. The van der Waals surface area contributed by atoms with Gasteiger partial charge in [-0.15, -0.1) is 35.3 Å². The molecule has 0 unspecified atom stereocenters. The second-order valence-electron chi connectivity index (χ2n) is 5.43. The molecule has 2 heterocycles. The normalized spacial score (nSPS) is 16.1. The summed E-state index contributed by atoms with van der Waals surface area (Å²) in [4.78, 5) is 5.10. The van der Waals surface area contributed by atoms with Crippen LogP contribution >= 0.6 is 35.3 Å². The van der Waals surface area contributed by atoms with Crippen LogP contribution in [-0.2, 0) is 21.3 Å². The summed E-state index contributed by atoms with van der Waals surface area (Å²) in [5, 5.41) is 2.99. The molecule has 142 valence electrons. The predicted octanol–water partition coefficient (Wildman–Crippen LogP) is 2.31. The zero-order valence-electron chi connectivity index (χ0n) is 14.0. The first-order valence-corrected chi connectivity index (χ1v) is 10.1. The van der Waals surface area contributed by atoms with Gasteiger partial charge in [-0.3, -0.25) is 0 Å². The summed E-state index contributed by atoms with van der Waals surface area (Å²) in [6, 6.07) is 12.9. The van der Waals surface area contributed by atoms with E-state index in [-0.39, 0.29) is 29.9 Å². The molecule has 1 aromatic heterocycles. The van der Waals surface area contributed by atoms with E-state index in [1.165, 1.54) is 15.6 Å². The molecular weight excluding hydrogens is 487 g/mol. The number of thiophene rings is 1. The molecule has 0 atom stereocenters.